The zero-order valence-corrected chi connectivity index (χ0v) is 15.9. The van der Waals surface area contributed by atoms with Crippen molar-refractivity contribution in [2.24, 2.45) is 11.8 Å². The number of hydrogen-bond donors (Lipinski definition) is 0. The van der Waals surface area contributed by atoms with Crippen LogP contribution < -0.4 is 0 Å². The largest absolute Gasteiger partial charge is 0.309 e. The van der Waals surface area contributed by atoms with Crippen molar-refractivity contribution in [1.82, 2.24) is 19.5 Å². The summed E-state index contributed by atoms with van der Waals surface area (Å²) in [6.45, 7) is 2.15. The molecule has 0 aliphatic heterocycles. The number of imidazole rings is 1. The molecule has 2 aliphatic rings. The summed E-state index contributed by atoms with van der Waals surface area (Å²) in [6, 6.07) is 7.94. The number of fused-ring (bicyclic) bond motifs is 1. The Kier molecular flexibility index (Phi) is 3.91. The average Bonchev–Trinajstić information content (AvgIpc) is 3.60. The molecule has 2 aliphatic carbocycles. The second-order valence-electron chi connectivity index (χ2n) is 7.62. The van der Waals surface area contributed by atoms with Crippen molar-refractivity contribution in [3.63, 3.8) is 0 Å². The molecule has 0 radical (unpaired) electrons. The molecule has 5 nitrogen and oxygen atoms in total. The second kappa shape index (κ2) is 6.31. The highest BCUT2D eigenvalue weighted by Gasteiger charge is 2.44. The van der Waals surface area contributed by atoms with Crippen LogP contribution in [0.3, 0.4) is 0 Å². The first-order valence-electron chi connectivity index (χ1n) is 9.63. The van der Waals surface area contributed by atoms with Crippen LogP contribution in [-0.2, 0) is 6.42 Å². The van der Waals surface area contributed by atoms with Gasteiger partial charge in [-0.3, -0.25) is 0 Å². The van der Waals surface area contributed by atoms with Crippen molar-refractivity contribution < 1.29 is 0 Å². The third kappa shape index (κ3) is 2.80. The number of nitriles is 1. The Labute approximate surface area is 163 Å². The monoisotopic (exact) mass is 377 g/mol. The van der Waals surface area contributed by atoms with Crippen molar-refractivity contribution >= 4 is 22.8 Å². The molecule has 0 N–H and O–H groups in total. The fourth-order valence-electron chi connectivity index (χ4n) is 4.17. The summed E-state index contributed by atoms with van der Waals surface area (Å²) < 4.78 is 2.40. The quantitative estimate of drug-likeness (QED) is 0.631. The molecule has 0 amide bonds. The molecule has 1 aromatic carbocycles. The van der Waals surface area contributed by atoms with Gasteiger partial charge in [0, 0.05) is 18.0 Å². The van der Waals surface area contributed by atoms with Gasteiger partial charge in [-0.15, -0.1) is 0 Å². The van der Waals surface area contributed by atoms with E-state index in [9.17, 15) is 0 Å². The van der Waals surface area contributed by atoms with Crippen LogP contribution in [0.1, 0.15) is 50.0 Å². The van der Waals surface area contributed by atoms with Crippen molar-refractivity contribution in [2.45, 2.75) is 45.1 Å². The van der Waals surface area contributed by atoms with Crippen LogP contribution >= 0.6 is 11.6 Å². The summed E-state index contributed by atoms with van der Waals surface area (Å²) in [5, 5.41) is 9.61. The van der Waals surface area contributed by atoms with Crippen LogP contribution in [0.5, 0.6) is 0 Å². The van der Waals surface area contributed by atoms with Crippen LogP contribution in [-0.4, -0.2) is 19.5 Å². The third-order valence-electron chi connectivity index (χ3n) is 5.73. The lowest BCUT2D eigenvalue weighted by atomic mass is 10.1. The van der Waals surface area contributed by atoms with Gasteiger partial charge in [-0.2, -0.15) is 5.26 Å². The highest BCUT2D eigenvalue weighted by molar-refractivity contribution is 6.33. The molecule has 2 heterocycles. The van der Waals surface area contributed by atoms with Crippen molar-refractivity contribution in [2.75, 3.05) is 0 Å². The molecule has 5 rings (SSSR count). The zero-order valence-electron chi connectivity index (χ0n) is 15.2. The van der Waals surface area contributed by atoms with Crippen LogP contribution in [0.4, 0.5) is 0 Å². The van der Waals surface area contributed by atoms with E-state index in [1.807, 2.05) is 6.07 Å². The topological polar surface area (TPSA) is 67.4 Å². The number of benzene rings is 1. The normalized spacial score (nSPS) is 16.8. The Morgan fingerprint density at radius 3 is 2.56 bits per heavy atom. The molecule has 0 bridgehead atoms. The van der Waals surface area contributed by atoms with Gasteiger partial charge in [-0.1, -0.05) is 18.5 Å². The minimum Gasteiger partial charge on any atom is -0.309 e. The molecule has 0 saturated heterocycles. The van der Waals surface area contributed by atoms with Gasteiger partial charge in [0.25, 0.3) is 0 Å². The molecule has 2 saturated carbocycles. The molecule has 136 valence electrons. The summed E-state index contributed by atoms with van der Waals surface area (Å²) in [5.41, 5.74) is 3.81. The van der Waals surface area contributed by atoms with E-state index in [1.165, 1.54) is 25.7 Å². The molecule has 2 aromatic heterocycles. The maximum Gasteiger partial charge on any atom is 0.164 e. The van der Waals surface area contributed by atoms with E-state index in [0.717, 1.165) is 46.5 Å². The first-order valence-corrected chi connectivity index (χ1v) is 10.0. The molecule has 27 heavy (non-hydrogen) atoms. The molecule has 0 unspecified atom stereocenters. The predicted molar refractivity (Wildman–Crippen MR) is 104 cm³/mol. The number of aryl methyl sites for hydroxylation is 1. The van der Waals surface area contributed by atoms with Gasteiger partial charge < -0.3 is 4.57 Å². The number of halogens is 1. The lowest BCUT2D eigenvalue weighted by molar-refractivity contribution is 0.391. The summed E-state index contributed by atoms with van der Waals surface area (Å²) in [7, 11) is 0. The summed E-state index contributed by atoms with van der Waals surface area (Å²) in [5.74, 6) is 2.61. The summed E-state index contributed by atoms with van der Waals surface area (Å²) >= 11 is 6.46. The smallest absolute Gasteiger partial charge is 0.164 e. The summed E-state index contributed by atoms with van der Waals surface area (Å²) in [6.07, 6.45) is 7.72. The van der Waals surface area contributed by atoms with Crippen molar-refractivity contribution in [3.8, 4) is 17.3 Å². The van der Waals surface area contributed by atoms with E-state index in [2.05, 4.69) is 27.5 Å². The summed E-state index contributed by atoms with van der Waals surface area (Å²) in [4.78, 5) is 14.1. The van der Waals surface area contributed by atoms with Crippen LogP contribution in [0.2, 0.25) is 5.02 Å². The lowest BCUT2D eigenvalue weighted by Crippen LogP contribution is -2.16. The standard InChI is InChI=1S/C21H20ClN5/c1-2-17-26-19-18(15-8-3-12(10-23)9-16(15)22)24-11-25-21(19)27(17)20(13-4-5-13)14-6-7-14/h3,8-9,11,13-14,20H,2,4-7H2,1H3. The maximum absolute atomic E-state index is 9.09. The SMILES string of the molecule is CCc1nc2c(-c3ccc(C#N)cc3Cl)ncnc2n1C(C1CC1)C1CC1. The fourth-order valence-corrected chi connectivity index (χ4v) is 4.44. The van der Waals surface area contributed by atoms with E-state index in [1.54, 1.807) is 18.5 Å². The molecular weight excluding hydrogens is 358 g/mol. The van der Waals surface area contributed by atoms with Gasteiger partial charge in [-0.25, -0.2) is 15.0 Å². The highest BCUT2D eigenvalue weighted by Crippen LogP contribution is 2.53. The Bertz CT molecular complexity index is 1060. The van der Waals surface area contributed by atoms with Crippen LogP contribution in [0, 0.1) is 23.2 Å². The Morgan fingerprint density at radius 2 is 1.96 bits per heavy atom. The second-order valence-corrected chi connectivity index (χ2v) is 8.03. The fraction of sp³-hybridized carbons (Fsp3) is 0.429. The van der Waals surface area contributed by atoms with E-state index < -0.39 is 0 Å². The lowest BCUT2D eigenvalue weighted by Gasteiger charge is -2.20. The molecule has 6 heteroatoms. The van der Waals surface area contributed by atoms with E-state index in [4.69, 9.17) is 21.8 Å². The van der Waals surface area contributed by atoms with Crippen LogP contribution in [0.15, 0.2) is 24.5 Å². The van der Waals surface area contributed by atoms with Gasteiger partial charge >= 0.3 is 0 Å². The van der Waals surface area contributed by atoms with Gasteiger partial charge in [0.1, 0.15) is 23.4 Å². The van der Waals surface area contributed by atoms with Crippen LogP contribution in [0.25, 0.3) is 22.4 Å². The van der Waals surface area contributed by atoms with E-state index in [0.29, 0.717) is 16.6 Å². The number of aromatic nitrogens is 4. The number of hydrogen-bond acceptors (Lipinski definition) is 4. The van der Waals surface area contributed by atoms with Gasteiger partial charge in [0.05, 0.1) is 16.7 Å². The van der Waals surface area contributed by atoms with E-state index >= 15 is 0 Å². The highest BCUT2D eigenvalue weighted by atomic mass is 35.5. The minimum atomic E-state index is 0.516. The average molecular weight is 378 g/mol. The van der Waals surface area contributed by atoms with Gasteiger partial charge in [-0.05, 0) is 55.7 Å². The molecule has 0 atom stereocenters. The van der Waals surface area contributed by atoms with Gasteiger partial charge in [0.15, 0.2) is 5.65 Å². The Morgan fingerprint density at radius 1 is 1.22 bits per heavy atom. The zero-order chi connectivity index (χ0) is 18.5. The maximum atomic E-state index is 9.09. The first kappa shape index (κ1) is 16.7. The van der Waals surface area contributed by atoms with Crippen molar-refractivity contribution in [1.29, 1.82) is 5.26 Å². The molecule has 2 fully saturated rings. The first-order chi connectivity index (χ1) is 13.2. The number of nitrogens with zero attached hydrogens (tertiary/aromatic N) is 5. The third-order valence-corrected chi connectivity index (χ3v) is 6.04. The number of rotatable bonds is 5. The van der Waals surface area contributed by atoms with Crippen molar-refractivity contribution in [3.05, 3.63) is 40.9 Å². The van der Waals surface area contributed by atoms with E-state index in [-0.39, 0.29) is 0 Å². The Hall–Kier alpha value is -2.45. The molecule has 3 aromatic rings. The molecular formula is C21H20ClN5. The molecule has 0 spiro atoms. The van der Waals surface area contributed by atoms with Gasteiger partial charge in [0.2, 0.25) is 0 Å². The minimum absolute atomic E-state index is 0.516. The Balaban J connectivity index is 1.71. The predicted octanol–water partition coefficient (Wildman–Crippen LogP) is 4.94.